The molecule has 49 heavy (non-hydrogen) atoms. The molecule has 12 nitrogen and oxygen atoms in total. The molecule has 262 valence electrons. The summed E-state index contributed by atoms with van der Waals surface area (Å²) in [6.07, 6.45) is 1.03. The van der Waals surface area contributed by atoms with E-state index < -0.39 is 40.3 Å². The van der Waals surface area contributed by atoms with E-state index in [0.717, 1.165) is 16.7 Å². The van der Waals surface area contributed by atoms with Crippen LogP contribution < -0.4 is 15.3 Å². The van der Waals surface area contributed by atoms with Gasteiger partial charge in [0.05, 0.1) is 34.0 Å². The number of rotatable bonds is 7. The van der Waals surface area contributed by atoms with Crippen LogP contribution in [0.1, 0.15) is 60.1 Å². The Morgan fingerprint density at radius 2 is 1.80 bits per heavy atom. The summed E-state index contributed by atoms with van der Waals surface area (Å²) in [4.78, 5) is 44.4. The number of anilines is 1. The van der Waals surface area contributed by atoms with Crippen molar-refractivity contribution in [1.29, 1.82) is 0 Å². The highest BCUT2D eigenvalue weighted by molar-refractivity contribution is 6.34. The topological polar surface area (TPSA) is 143 Å². The molecule has 0 spiro atoms. The molecule has 1 amide bonds. The molecular weight excluding hydrogens is 662 g/mol. The lowest BCUT2D eigenvalue weighted by atomic mass is 10.1. The maximum absolute atomic E-state index is 15.2. The minimum atomic E-state index is -1.10. The van der Waals surface area contributed by atoms with Gasteiger partial charge in [0.1, 0.15) is 35.3 Å². The van der Waals surface area contributed by atoms with Crippen LogP contribution in [0.4, 0.5) is 19.4 Å². The SMILES string of the molecule is CC(C)c1nccc(OCCO)c1-n1c(=O)nc(N2C[C@@H](C)N(C(=O)OC(C)(C)C)C[C@@H]2C)c2cc(Cl)c(-c3c(F)ccc(F)c3O)nc21. The molecule has 0 aliphatic carbocycles. The van der Waals surface area contributed by atoms with E-state index >= 15 is 4.39 Å². The number of benzene rings is 1. The van der Waals surface area contributed by atoms with Crippen LogP contribution in [0.2, 0.25) is 5.02 Å². The molecule has 15 heteroatoms. The van der Waals surface area contributed by atoms with Crippen molar-refractivity contribution in [2.75, 3.05) is 31.2 Å². The fourth-order valence-corrected chi connectivity index (χ4v) is 6.08. The summed E-state index contributed by atoms with van der Waals surface area (Å²) in [5.41, 5.74) is -1.86. The normalized spacial score (nSPS) is 16.8. The van der Waals surface area contributed by atoms with Crippen molar-refractivity contribution in [1.82, 2.24) is 24.4 Å². The summed E-state index contributed by atoms with van der Waals surface area (Å²) >= 11 is 6.73. The van der Waals surface area contributed by atoms with Crippen molar-refractivity contribution in [3.8, 4) is 28.4 Å². The number of pyridine rings is 2. The predicted molar refractivity (Wildman–Crippen MR) is 181 cm³/mol. The molecule has 0 unspecified atom stereocenters. The number of amides is 1. The smallest absolute Gasteiger partial charge is 0.410 e. The Bertz CT molecular complexity index is 1970. The molecule has 0 saturated carbocycles. The molecule has 1 aliphatic rings. The van der Waals surface area contributed by atoms with E-state index in [1.54, 1.807) is 25.7 Å². The van der Waals surface area contributed by atoms with Crippen molar-refractivity contribution in [3.05, 3.63) is 63.3 Å². The Labute approximate surface area is 286 Å². The van der Waals surface area contributed by atoms with Gasteiger partial charge in [0.25, 0.3) is 0 Å². The Balaban J connectivity index is 1.80. The number of phenolic OH excluding ortho intramolecular Hbond substituents is 1. The molecule has 1 saturated heterocycles. The van der Waals surface area contributed by atoms with Crippen molar-refractivity contribution in [3.63, 3.8) is 0 Å². The molecule has 1 aromatic carbocycles. The van der Waals surface area contributed by atoms with Crippen LogP contribution in [0.3, 0.4) is 0 Å². The lowest BCUT2D eigenvalue weighted by molar-refractivity contribution is 0.0130. The number of fused-ring (bicyclic) bond motifs is 1. The number of hydrogen-bond donors (Lipinski definition) is 2. The van der Waals surface area contributed by atoms with Gasteiger partial charge in [-0.15, -0.1) is 0 Å². The van der Waals surface area contributed by atoms with Crippen LogP contribution in [0.25, 0.3) is 28.0 Å². The first kappa shape index (κ1) is 35.7. The number of nitrogens with zero attached hydrogens (tertiary/aromatic N) is 6. The van der Waals surface area contributed by atoms with Gasteiger partial charge in [0.15, 0.2) is 17.2 Å². The Morgan fingerprint density at radius 3 is 2.45 bits per heavy atom. The summed E-state index contributed by atoms with van der Waals surface area (Å²) in [6.45, 7) is 12.9. The quantitative estimate of drug-likeness (QED) is 0.243. The number of carbonyl (C=O) groups is 1. The van der Waals surface area contributed by atoms with Crippen molar-refractivity contribution >= 4 is 34.5 Å². The molecule has 4 heterocycles. The van der Waals surface area contributed by atoms with Gasteiger partial charge in [-0.3, -0.25) is 4.98 Å². The lowest BCUT2D eigenvalue weighted by Crippen LogP contribution is -2.59. The minimum Gasteiger partial charge on any atom is -0.504 e. The molecule has 3 aromatic heterocycles. The number of phenols is 1. The van der Waals surface area contributed by atoms with E-state index in [1.807, 2.05) is 32.6 Å². The third-order valence-corrected chi connectivity index (χ3v) is 8.33. The molecule has 1 aliphatic heterocycles. The highest BCUT2D eigenvalue weighted by atomic mass is 35.5. The summed E-state index contributed by atoms with van der Waals surface area (Å²) in [5, 5.41) is 20.2. The molecular formula is C34H39ClF2N6O6. The van der Waals surface area contributed by atoms with Crippen molar-refractivity contribution < 1.29 is 33.3 Å². The average Bonchev–Trinajstić information content (AvgIpc) is 3.02. The second kappa shape index (κ2) is 13.7. The number of aromatic nitrogens is 4. The van der Waals surface area contributed by atoms with Gasteiger partial charge < -0.3 is 29.5 Å². The zero-order valence-electron chi connectivity index (χ0n) is 28.3. The Hall–Kier alpha value is -4.56. The van der Waals surface area contributed by atoms with E-state index in [-0.39, 0.29) is 83.3 Å². The van der Waals surface area contributed by atoms with Crippen molar-refractivity contribution in [2.24, 2.45) is 0 Å². The van der Waals surface area contributed by atoms with Gasteiger partial charge in [-0.2, -0.15) is 4.98 Å². The molecule has 5 rings (SSSR count). The summed E-state index contributed by atoms with van der Waals surface area (Å²) in [5.74, 6) is -2.95. The lowest BCUT2D eigenvalue weighted by Gasteiger charge is -2.44. The second-order valence-corrected chi connectivity index (χ2v) is 13.7. The number of aliphatic hydroxyl groups excluding tert-OH is 1. The molecule has 2 N–H and O–H groups in total. The van der Waals surface area contributed by atoms with E-state index in [4.69, 9.17) is 21.1 Å². The fraction of sp³-hybridized carbons (Fsp3) is 0.441. The van der Waals surface area contributed by atoms with Crippen LogP contribution in [0.5, 0.6) is 11.5 Å². The van der Waals surface area contributed by atoms with Crippen LogP contribution in [-0.4, -0.2) is 84.7 Å². The highest BCUT2D eigenvalue weighted by Crippen LogP contribution is 2.41. The maximum atomic E-state index is 15.2. The monoisotopic (exact) mass is 700 g/mol. The zero-order chi connectivity index (χ0) is 35.9. The average molecular weight is 701 g/mol. The van der Waals surface area contributed by atoms with Crippen LogP contribution in [0, 0.1) is 11.6 Å². The van der Waals surface area contributed by atoms with Gasteiger partial charge >= 0.3 is 11.8 Å². The minimum absolute atomic E-state index is 0.0596. The number of aromatic hydroxyl groups is 1. The van der Waals surface area contributed by atoms with Gasteiger partial charge in [0.2, 0.25) is 0 Å². The van der Waals surface area contributed by atoms with Gasteiger partial charge in [-0.05, 0) is 58.7 Å². The van der Waals surface area contributed by atoms with Crippen molar-refractivity contribution in [2.45, 2.75) is 72.1 Å². The Morgan fingerprint density at radius 1 is 1.10 bits per heavy atom. The maximum Gasteiger partial charge on any atom is 0.410 e. The molecule has 4 aromatic rings. The van der Waals surface area contributed by atoms with E-state index in [1.165, 1.54) is 18.3 Å². The molecule has 1 fully saturated rings. The number of carbonyl (C=O) groups excluding carboxylic acids is 1. The standard InChI is InChI=1S/C34H39ClF2N6O6/c1-17(2)26-28(24(10-11-38-26)48-13-12-44)43-31-20(14-21(35)27(39-31)25-22(36)8-9-23(37)29(25)45)30(40-32(43)46)41-15-19(4)42(16-18(41)3)33(47)49-34(5,6)7/h8-11,14,17-19,44-45H,12-13,15-16H2,1-7H3/t18-,19+/m0/s1. The first-order chi connectivity index (χ1) is 23.0. The second-order valence-electron chi connectivity index (χ2n) is 13.2. The number of aliphatic hydroxyl groups is 1. The first-order valence-electron chi connectivity index (χ1n) is 15.8. The number of piperazine rings is 1. The molecule has 0 bridgehead atoms. The predicted octanol–water partition coefficient (Wildman–Crippen LogP) is 5.81. The van der Waals surface area contributed by atoms with E-state index in [0.29, 0.717) is 5.69 Å². The first-order valence-corrected chi connectivity index (χ1v) is 16.2. The van der Waals surface area contributed by atoms with Gasteiger partial charge in [-0.1, -0.05) is 25.4 Å². The molecule has 2 atom stereocenters. The van der Waals surface area contributed by atoms with E-state index in [2.05, 4.69) is 15.0 Å². The third kappa shape index (κ3) is 6.97. The fourth-order valence-electron chi connectivity index (χ4n) is 5.84. The number of ether oxygens (including phenoxy) is 2. The van der Waals surface area contributed by atoms with E-state index in [9.17, 15) is 24.2 Å². The largest absolute Gasteiger partial charge is 0.504 e. The number of hydrogen-bond acceptors (Lipinski definition) is 10. The zero-order valence-corrected chi connectivity index (χ0v) is 29.0. The number of halogens is 3. The Kier molecular flexibility index (Phi) is 10.0. The van der Waals surface area contributed by atoms with Crippen LogP contribution in [-0.2, 0) is 4.74 Å². The van der Waals surface area contributed by atoms with Crippen LogP contribution >= 0.6 is 11.6 Å². The van der Waals surface area contributed by atoms with Crippen LogP contribution in [0.15, 0.2) is 35.3 Å². The highest BCUT2D eigenvalue weighted by Gasteiger charge is 2.37. The van der Waals surface area contributed by atoms with Gasteiger partial charge in [0, 0.05) is 37.4 Å². The summed E-state index contributed by atoms with van der Waals surface area (Å²) in [7, 11) is 0. The molecule has 0 radical (unpaired) electrons. The van der Waals surface area contributed by atoms with Gasteiger partial charge in [-0.25, -0.2) is 27.9 Å². The summed E-state index contributed by atoms with van der Waals surface area (Å²) in [6, 6.07) is 3.83. The summed E-state index contributed by atoms with van der Waals surface area (Å²) < 4.78 is 42.4. The third-order valence-electron chi connectivity index (χ3n) is 8.04.